The first-order valence-electron chi connectivity index (χ1n) is 5.02. The molecule has 2 rings (SSSR count). The van der Waals surface area contributed by atoms with E-state index in [2.05, 4.69) is 0 Å². The standard InChI is InChI=1S/C13H14O3/c1-8-5-4-6-9-12(8)10(15-2)7-11(16-3)13(9)14/h4-7,14H,1-3H3. The number of aryl methyl sites for hydroxylation is 1. The third-order valence-corrected chi connectivity index (χ3v) is 2.71. The highest BCUT2D eigenvalue weighted by Gasteiger charge is 2.13. The van der Waals surface area contributed by atoms with E-state index < -0.39 is 0 Å². The van der Waals surface area contributed by atoms with Crippen LogP contribution < -0.4 is 9.47 Å². The molecule has 0 amide bonds. The molecule has 0 radical (unpaired) electrons. The third kappa shape index (κ3) is 1.45. The van der Waals surface area contributed by atoms with E-state index >= 15 is 0 Å². The van der Waals surface area contributed by atoms with Crippen LogP contribution in [0.5, 0.6) is 17.2 Å². The second kappa shape index (κ2) is 3.93. The summed E-state index contributed by atoms with van der Waals surface area (Å²) in [7, 11) is 3.13. The summed E-state index contributed by atoms with van der Waals surface area (Å²) in [6, 6.07) is 7.43. The van der Waals surface area contributed by atoms with Crippen LogP contribution in [0.25, 0.3) is 10.8 Å². The Labute approximate surface area is 94.2 Å². The van der Waals surface area contributed by atoms with E-state index in [-0.39, 0.29) is 5.75 Å². The van der Waals surface area contributed by atoms with Crippen molar-refractivity contribution in [3.05, 3.63) is 29.8 Å². The Balaban J connectivity index is 2.91. The number of hydrogen-bond donors (Lipinski definition) is 1. The molecule has 0 saturated carbocycles. The summed E-state index contributed by atoms with van der Waals surface area (Å²) in [6.07, 6.45) is 0. The number of rotatable bonds is 2. The lowest BCUT2D eigenvalue weighted by molar-refractivity contribution is 0.369. The fourth-order valence-electron chi connectivity index (χ4n) is 1.90. The average Bonchev–Trinajstić information content (AvgIpc) is 2.30. The first-order valence-corrected chi connectivity index (χ1v) is 5.02. The first kappa shape index (κ1) is 10.6. The summed E-state index contributed by atoms with van der Waals surface area (Å²) in [5, 5.41) is 11.7. The molecule has 0 fully saturated rings. The maximum absolute atomic E-state index is 10.0. The van der Waals surface area contributed by atoms with Crippen molar-refractivity contribution in [1.29, 1.82) is 0 Å². The highest BCUT2D eigenvalue weighted by Crippen LogP contribution is 2.41. The number of fused-ring (bicyclic) bond motifs is 1. The van der Waals surface area contributed by atoms with Crippen LogP contribution in [-0.4, -0.2) is 19.3 Å². The third-order valence-electron chi connectivity index (χ3n) is 2.71. The van der Waals surface area contributed by atoms with E-state index in [9.17, 15) is 5.11 Å². The van der Waals surface area contributed by atoms with Crippen LogP contribution in [0.4, 0.5) is 0 Å². The molecule has 0 heterocycles. The van der Waals surface area contributed by atoms with Crippen LogP contribution in [0, 0.1) is 6.92 Å². The molecular weight excluding hydrogens is 204 g/mol. The van der Waals surface area contributed by atoms with Crippen LogP contribution in [0.1, 0.15) is 5.56 Å². The quantitative estimate of drug-likeness (QED) is 0.842. The minimum Gasteiger partial charge on any atom is -0.504 e. The van der Waals surface area contributed by atoms with Gasteiger partial charge in [-0.25, -0.2) is 0 Å². The normalized spacial score (nSPS) is 10.4. The van der Waals surface area contributed by atoms with Crippen LogP contribution in [0.3, 0.4) is 0 Å². The van der Waals surface area contributed by atoms with Crippen molar-refractivity contribution in [2.45, 2.75) is 6.92 Å². The van der Waals surface area contributed by atoms with Gasteiger partial charge in [-0.05, 0) is 12.5 Å². The summed E-state index contributed by atoms with van der Waals surface area (Å²) in [4.78, 5) is 0. The molecule has 0 saturated heterocycles. The molecule has 0 bridgehead atoms. The number of phenols is 1. The Kier molecular flexibility index (Phi) is 2.60. The Hall–Kier alpha value is -1.90. The molecule has 0 aliphatic rings. The molecule has 0 aliphatic carbocycles. The highest BCUT2D eigenvalue weighted by molar-refractivity contribution is 5.97. The molecule has 2 aromatic carbocycles. The molecule has 0 unspecified atom stereocenters. The number of aromatic hydroxyl groups is 1. The van der Waals surface area contributed by atoms with E-state index in [0.717, 1.165) is 16.3 Å². The Bertz CT molecular complexity index is 532. The van der Waals surface area contributed by atoms with Crippen LogP contribution in [0.2, 0.25) is 0 Å². The molecule has 0 aliphatic heterocycles. The topological polar surface area (TPSA) is 38.7 Å². The fourth-order valence-corrected chi connectivity index (χ4v) is 1.90. The highest BCUT2D eigenvalue weighted by atomic mass is 16.5. The molecule has 2 aromatic rings. The van der Waals surface area contributed by atoms with Crippen molar-refractivity contribution >= 4 is 10.8 Å². The van der Waals surface area contributed by atoms with E-state index in [0.29, 0.717) is 11.5 Å². The maximum atomic E-state index is 10.0. The Morgan fingerprint density at radius 2 is 1.75 bits per heavy atom. The lowest BCUT2D eigenvalue weighted by Crippen LogP contribution is -1.91. The molecule has 0 atom stereocenters. The molecule has 0 spiro atoms. The van der Waals surface area contributed by atoms with E-state index in [1.165, 1.54) is 7.11 Å². The number of ether oxygens (including phenoxy) is 2. The molecule has 3 nitrogen and oxygen atoms in total. The molecule has 16 heavy (non-hydrogen) atoms. The van der Waals surface area contributed by atoms with Gasteiger partial charge < -0.3 is 14.6 Å². The van der Waals surface area contributed by atoms with Gasteiger partial charge in [-0.2, -0.15) is 0 Å². The van der Waals surface area contributed by atoms with Crippen LogP contribution >= 0.6 is 0 Å². The van der Waals surface area contributed by atoms with E-state index in [1.807, 2.05) is 25.1 Å². The molecular formula is C13H14O3. The van der Waals surface area contributed by atoms with Crippen LogP contribution in [0.15, 0.2) is 24.3 Å². The SMILES string of the molecule is COc1cc(OC)c2c(C)cccc2c1O. The largest absolute Gasteiger partial charge is 0.504 e. The van der Waals surface area contributed by atoms with Gasteiger partial charge in [-0.1, -0.05) is 18.2 Å². The van der Waals surface area contributed by atoms with Gasteiger partial charge in [-0.15, -0.1) is 0 Å². The van der Waals surface area contributed by atoms with Gasteiger partial charge in [0, 0.05) is 16.8 Å². The minimum atomic E-state index is 0.155. The van der Waals surface area contributed by atoms with Gasteiger partial charge in [0.15, 0.2) is 11.5 Å². The number of phenolic OH excluding ortho intramolecular Hbond substituents is 1. The van der Waals surface area contributed by atoms with Gasteiger partial charge in [0.05, 0.1) is 14.2 Å². The number of benzene rings is 2. The summed E-state index contributed by atoms with van der Waals surface area (Å²) >= 11 is 0. The lowest BCUT2D eigenvalue weighted by atomic mass is 10.0. The van der Waals surface area contributed by atoms with Gasteiger partial charge in [0.25, 0.3) is 0 Å². The molecule has 1 N–H and O–H groups in total. The summed E-state index contributed by atoms with van der Waals surface area (Å²) in [5.74, 6) is 1.29. The van der Waals surface area contributed by atoms with Crippen molar-refractivity contribution in [3.8, 4) is 17.2 Å². The van der Waals surface area contributed by atoms with E-state index in [1.54, 1.807) is 13.2 Å². The first-order chi connectivity index (χ1) is 7.69. The smallest absolute Gasteiger partial charge is 0.165 e. The predicted molar refractivity (Wildman–Crippen MR) is 63.5 cm³/mol. The van der Waals surface area contributed by atoms with Crippen molar-refractivity contribution in [3.63, 3.8) is 0 Å². The second-order valence-electron chi connectivity index (χ2n) is 3.63. The molecule has 0 aromatic heterocycles. The fraction of sp³-hybridized carbons (Fsp3) is 0.231. The van der Waals surface area contributed by atoms with Gasteiger partial charge in [-0.3, -0.25) is 0 Å². The number of hydrogen-bond acceptors (Lipinski definition) is 3. The van der Waals surface area contributed by atoms with Crippen molar-refractivity contribution in [1.82, 2.24) is 0 Å². The minimum absolute atomic E-state index is 0.155. The number of methoxy groups -OCH3 is 2. The summed E-state index contributed by atoms with van der Waals surface area (Å²) in [6.45, 7) is 1.98. The van der Waals surface area contributed by atoms with Gasteiger partial charge >= 0.3 is 0 Å². The summed E-state index contributed by atoms with van der Waals surface area (Å²) in [5.41, 5.74) is 1.06. The predicted octanol–water partition coefficient (Wildman–Crippen LogP) is 2.87. The maximum Gasteiger partial charge on any atom is 0.165 e. The van der Waals surface area contributed by atoms with Gasteiger partial charge in [0.2, 0.25) is 0 Å². The van der Waals surface area contributed by atoms with Crippen molar-refractivity contribution < 1.29 is 14.6 Å². The second-order valence-corrected chi connectivity index (χ2v) is 3.63. The van der Waals surface area contributed by atoms with E-state index in [4.69, 9.17) is 9.47 Å². The monoisotopic (exact) mass is 218 g/mol. The summed E-state index contributed by atoms with van der Waals surface area (Å²) < 4.78 is 10.4. The zero-order valence-corrected chi connectivity index (χ0v) is 9.57. The van der Waals surface area contributed by atoms with Crippen molar-refractivity contribution in [2.24, 2.45) is 0 Å². The average molecular weight is 218 g/mol. The Morgan fingerprint density at radius 1 is 1.06 bits per heavy atom. The molecule has 84 valence electrons. The van der Waals surface area contributed by atoms with Crippen molar-refractivity contribution in [2.75, 3.05) is 14.2 Å². The zero-order valence-electron chi connectivity index (χ0n) is 9.57. The van der Waals surface area contributed by atoms with Gasteiger partial charge in [0.1, 0.15) is 5.75 Å². The Morgan fingerprint density at radius 3 is 2.38 bits per heavy atom. The molecule has 3 heteroatoms. The van der Waals surface area contributed by atoms with Crippen LogP contribution in [-0.2, 0) is 0 Å². The lowest BCUT2D eigenvalue weighted by Gasteiger charge is -2.12. The zero-order chi connectivity index (χ0) is 11.7.